The Labute approximate surface area is 129 Å². The van der Waals surface area contributed by atoms with Crippen molar-refractivity contribution >= 4 is 28.3 Å². The predicted octanol–water partition coefficient (Wildman–Crippen LogP) is 2.35. The molecular formula is C15H11N5OS. The van der Waals surface area contributed by atoms with Crippen LogP contribution in [-0.4, -0.2) is 30.6 Å². The fraction of sp³-hybridized carbons (Fsp3) is 0.0667. The van der Waals surface area contributed by atoms with E-state index in [-0.39, 0.29) is 5.43 Å². The molecule has 0 saturated carbocycles. The zero-order valence-electron chi connectivity index (χ0n) is 11.6. The first kappa shape index (κ1) is 13.0. The van der Waals surface area contributed by atoms with Crippen LogP contribution in [0.3, 0.4) is 0 Å². The standard InChI is InChI=1S/C15H11N5OS/c1-22-15-18-6-2-9(19-15)12-10-3-5-16-8-20(10)14-13(12)11(21)4-7-17-14/h2-8H,1H3,(H,17,21). The van der Waals surface area contributed by atoms with E-state index in [9.17, 15) is 4.79 Å². The molecule has 4 aromatic rings. The maximum Gasteiger partial charge on any atom is 0.191 e. The Balaban J connectivity index is 2.21. The van der Waals surface area contributed by atoms with E-state index in [1.54, 1.807) is 24.9 Å². The average Bonchev–Trinajstić information content (AvgIpc) is 2.91. The molecule has 0 aliphatic rings. The molecule has 0 unspecified atom stereocenters. The van der Waals surface area contributed by atoms with E-state index in [0.717, 1.165) is 22.4 Å². The van der Waals surface area contributed by atoms with E-state index >= 15 is 0 Å². The van der Waals surface area contributed by atoms with Gasteiger partial charge in [0, 0.05) is 30.2 Å². The van der Waals surface area contributed by atoms with Gasteiger partial charge in [0.2, 0.25) is 0 Å². The van der Waals surface area contributed by atoms with E-state index in [4.69, 9.17) is 0 Å². The van der Waals surface area contributed by atoms with Gasteiger partial charge in [0.1, 0.15) is 12.0 Å². The van der Waals surface area contributed by atoms with E-state index in [1.807, 2.05) is 22.8 Å². The van der Waals surface area contributed by atoms with E-state index in [1.165, 1.54) is 17.8 Å². The molecule has 1 N–H and O–H groups in total. The van der Waals surface area contributed by atoms with Crippen molar-refractivity contribution in [2.24, 2.45) is 0 Å². The topological polar surface area (TPSA) is 75.9 Å². The molecule has 4 rings (SSSR count). The van der Waals surface area contributed by atoms with Crippen LogP contribution in [0.1, 0.15) is 0 Å². The monoisotopic (exact) mass is 309 g/mol. The Morgan fingerprint density at radius 2 is 2.14 bits per heavy atom. The van der Waals surface area contributed by atoms with E-state index in [0.29, 0.717) is 10.5 Å². The van der Waals surface area contributed by atoms with Gasteiger partial charge in [-0.2, -0.15) is 0 Å². The van der Waals surface area contributed by atoms with Crippen molar-refractivity contribution in [2.45, 2.75) is 5.16 Å². The van der Waals surface area contributed by atoms with Gasteiger partial charge in [0.15, 0.2) is 10.6 Å². The van der Waals surface area contributed by atoms with Crippen LogP contribution >= 0.6 is 11.8 Å². The third-order valence-electron chi connectivity index (χ3n) is 3.52. The van der Waals surface area contributed by atoms with Crippen LogP contribution in [0.5, 0.6) is 0 Å². The molecule has 22 heavy (non-hydrogen) atoms. The molecule has 108 valence electrons. The summed E-state index contributed by atoms with van der Waals surface area (Å²) < 4.78 is 1.87. The number of fused-ring (bicyclic) bond motifs is 3. The number of hydrogen-bond acceptors (Lipinski definition) is 5. The van der Waals surface area contributed by atoms with Gasteiger partial charge in [0.05, 0.1) is 16.6 Å². The molecule has 0 aliphatic heterocycles. The number of nitrogens with zero attached hydrogens (tertiary/aromatic N) is 4. The van der Waals surface area contributed by atoms with Crippen LogP contribution < -0.4 is 5.43 Å². The summed E-state index contributed by atoms with van der Waals surface area (Å²) in [7, 11) is 0. The van der Waals surface area contributed by atoms with Crippen molar-refractivity contribution in [3.8, 4) is 11.3 Å². The van der Waals surface area contributed by atoms with Crippen molar-refractivity contribution < 1.29 is 0 Å². The van der Waals surface area contributed by atoms with Crippen molar-refractivity contribution in [2.75, 3.05) is 6.26 Å². The summed E-state index contributed by atoms with van der Waals surface area (Å²) in [6.07, 6.45) is 8.67. The fourth-order valence-electron chi connectivity index (χ4n) is 2.61. The van der Waals surface area contributed by atoms with Crippen molar-refractivity contribution in [3.63, 3.8) is 0 Å². The summed E-state index contributed by atoms with van der Waals surface area (Å²) in [5.74, 6) is 0. The number of thioether (sulfide) groups is 1. The summed E-state index contributed by atoms with van der Waals surface area (Å²) in [4.78, 5) is 28.4. The maximum absolute atomic E-state index is 12.4. The second kappa shape index (κ2) is 4.96. The number of rotatable bonds is 2. The normalized spacial score (nSPS) is 11.3. The quantitative estimate of drug-likeness (QED) is 0.454. The van der Waals surface area contributed by atoms with Gasteiger partial charge in [-0.05, 0) is 18.4 Å². The molecular weight excluding hydrogens is 298 g/mol. The Bertz CT molecular complexity index is 1050. The second-order valence-corrected chi connectivity index (χ2v) is 5.48. The van der Waals surface area contributed by atoms with Gasteiger partial charge in [-0.15, -0.1) is 0 Å². The number of aromatic nitrogens is 5. The Morgan fingerprint density at radius 1 is 1.23 bits per heavy atom. The molecule has 0 aromatic carbocycles. The van der Waals surface area contributed by atoms with Gasteiger partial charge < -0.3 is 4.98 Å². The van der Waals surface area contributed by atoms with Crippen molar-refractivity contribution in [1.82, 2.24) is 24.3 Å². The van der Waals surface area contributed by atoms with E-state index < -0.39 is 0 Å². The van der Waals surface area contributed by atoms with Gasteiger partial charge >= 0.3 is 0 Å². The van der Waals surface area contributed by atoms with Crippen LogP contribution in [0.4, 0.5) is 0 Å². The van der Waals surface area contributed by atoms with Crippen LogP contribution in [0.2, 0.25) is 0 Å². The molecule has 0 amide bonds. The second-order valence-electron chi connectivity index (χ2n) is 4.70. The van der Waals surface area contributed by atoms with Crippen LogP contribution in [0.15, 0.2) is 53.1 Å². The minimum Gasteiger partial charge on any atom is -0.347 e. The molecule has 4 heterocycles. The number of nitrogens with one attached hydrogen (secondary N) is 1. The Morgan fingerprint density at radius 3 is 3.00 bits per heavy atom. The number of H-pyrrole nitrogens is 1. The minimum atomic E-state index is -0.0447. The SMILES string of the molecule is CSc1nccc(-c2c3c(=O)cc[nH]c3n3cnccc23)n1. The Hall–Kier alpha value is -2.67. The highest BCUT2D eigenvalue weighted by Gasteiger charge is 2.17. The molecule has 0 aliphatic carbocycles. The molecule has 7 heteroatoms. The lowest BCUT2D eigenvalue weighted by Gasteiger charge is -2.01. The lowest BCUT2D eigenvalue weighted by Crippen LogP contribution is -2.00. The first-order valence-electron chi connectivity index (χ1n) is 6.62. The summed E-state index contributed by atoms with van der Waals surface area (Å²) in [5, 5.41) is 1.28. The Kier molecular flexibility index (Phi) is 2.93. The summed E-state index contributed by atoms with van der Waals surface area (Å²) in [5.41, 5.74) is 3.09. The highest BCUT2D eigenvalue weighted by atomic mass is 32.2. The van der Waals surface area contributed by atoms with Gasteiger partial charge in [-0.3, -0.25) is 9.20 Å². The molecule has 0 radical (unpaired) electrons. The molecule has 0 fully saturated rings. The molecule has 0 saturated heterocycles. The first-order chi connectivity index (χ1) is 10.8. The smallest absolute Gasteiger partial charge is 0.191 e. The molecule has 0 bridgehead atoms. The highest BCUT2D eigenvalue weighted by molar-refractivity contribution is 7.98. The third-order valence-corrected chi connectivity index (χ3v) is 4.08. The van der Waals surface area contributed by atoms with Gasteiger partial charge in [-0.1, -0.05) is 11.8 Å². The van der Waals surface area contributed by atoms with Crippen molar-refractivity contribution in [1.29, 1.82) is 0 Å². The van der Waals surface area contributed by atoms with Gasteiger partial charge in [-0.25, -0.2) is 15.0 Å². The average molecular weight is 309 g/mol. The minimum absolute atomic E-state index is 0.0447. The highest BCUT2D eigenvalue weighted by Crippen LogP contribution is 2.31. The zero-order chi connectivity index (χ0) is 15.1. The number of hydrogen-bond donors (Lipinski definition) is 1. The molecule has 0 spiro atoms. The maximum atomic E-state index is 12.4. The summed E-state index contributed by atoms with van der Waals surface area (Å²) >= 11 is 1.47. The molecule has 6 nitrogen and oxygen atoms in total. The zero-order valence-corrected chi connectivity index (χ0v) is 12.5. The van der Waals surface area contributed by atoms with Gasteiger partial charge in [0.25, 0.3) is 0 Å². The van der Waals surface area contributed by atoms with Crippen molar-refractivity contribution in [3.05, 3.63) is 53.3 Å². The van der Waals surface area contributed by atoms with E-state index in [2.05, 4.69) is 19.9 Å². The van der Waals surface area contributed by atoms with Crippen LogP contribution in [-0.2, 0) is 0 Å². The lowest BCUT2D eigenvalue weighted by atomic mass is 10.1. The number of aromatic amines is 1. The van der Waals surface area contributed by atoms with Crippen LogP contribution in [0.25, 0.3) is 27.8 Å². The summed E-state index contributed by atoms with van der Waals surface area (Å²) in [6, 6.07) is 5.22. The molecule has 0 atom stereocenters. The largest absolute Gasteiger partial charge is 0.347 e. The number of pyridine rings is 1. The fourth-order valence-corrected chi connectivity index (χ4v) is 2.96. The molecule has 4 aromatic heterocycles. The lowest BCUT2D eigenvalue weighted by molar-refractivity contribution is 0.977. The predicted molar refractivity (Wildman–Crippen MR) is 86.1 cm³/mol. The third kappa shape index (κ3) is 1.82. The summed E-state index contributed by atoms with van der Waals surface area (Å²) in [6.45, 7) is 0. The van der Waals surface area contributed by atoms with Crippen LogP contribution in [0, 0.1) is 0 Å². The first-order valence-corrected chi connectivity index (χ1v) is 7.85.